The first-order valence-electron chi connectivity index (χ1n) is 13.5. The summed E-state index contributed by atoms with van der Waals surface area (Å²) < 4.78 is 55.8. The van der Waals surface area contributed by atoms with E-state index in [0.29, 0.717) is 61.8 Å². The van der Waals surface area contributed by atoms with E-state index in [-0.39, 0.29) is 41.0 Å². The maximum absolute atomic E-state index is 15.1. The summed E-state index contributed by atoms with van der Waals surface area (Å²) in [6.07, 6.45) is 3.40. The van der Waals surface area contributed by atoms with Crippen molar-refractivity contribution >= 4 is 28.3 Å². The Hall–Kier alpha value is -3.48. The number of ether oxygens (including phenoxy) is 2. The number of morpholine rings is 1. The Balaban J connectivity index is 1.19. The van der Waals surface area contributed by atoms with Gasteiger partial charge in [0, 0.05) is 54.8 Å². The molecule has 2 aliphatic heterocycles. The van der Waals surface area contributed by atoms with Crippen molar-refractivity contribution in [2.24, 2.45) is 0 Å². The molecule has 3 aromatic heterocycles. The molecule has 4 aromatic rings. The lowest BCUT2D eigenvalue weighted by Gasteiger charge is -2.33. The highest BCUT2D eigenvalue weighted by atomic mass is 35.5. The molecule has 0 bridgehead atoms. The predicted octanol–water partition coefficient (Wildman–Crippen LogP) is 4.40. The van der Waals surface area contributed by atoms with Crippen LogP contribution in [0.15, 0.2) is 41.5 Å². The molecule has 2 atom stereocenters. The van der Waals surface area contributed by atoms with Crippen molar-refractivity contribution in [3.63, 3.8) is 0 Å². The highest BCUT2D eigenvalue weighted by Crippen LogP contribution is 2.44. The molecular weight excluding hydrogens is 561 g/mol. The number of nitrogens with zero attached hydrogens (tertiary/aromatic N) is 6. The average molecular weight is 587 g/mol. The molecule has 1 unspecified atom stereocenters. The zero-order valence-corrected chi connectivity index (χ0v) is 22.7. The van der Waals surface area contributed by atoms with Crippen LogP contribution in [-0.2, 0) is 29.0 Å². The van der Waals surface area contributed by atoms with Gasteiger partial charge in [0.15, 0.2) is 0 Å². The number of hydrogen-bond donors (Lipinski definition) is 0. The zero-order valence-electron chi connectivity index (χ0n) is 21.9. The summed E-state index contributed by atoms with van der Waals surface area (Å²) >= 11 is 6.01. The summed E-state index contributed by atoms with van der Waals surface area (Å²) in [5.41, 5.74) is 1.52. The number of alkyl halides is 2. The first kappa shape index (κ1) is 26.4. The summed E-state index contributed by atoms with van der Waals surface area (Å²) in [6.45, 7) is 2.38. The van der Waals surface area contributed by atoms with Crippen LogP contribution in [0.5, 0.6) is 0 Å². The second kappa shape index (κ2) is 10.1. The molecule has 1 saturated carbocycles. The number of fused-ring (bicyclic) bond motifs is 2. The molecule has 13 heteroatoms. The third kappa shape index (κ3) is 4.98. The van der Waals surface area contributed by atoms with Crippen LogP contribution in [0.3, 0.4) is 0 Å². The molecule has 5 heterocycles. The molecule has 7 rings (SSSR count). The Morgan fingerprint density at radius 3 is 2.85 bits per heavy atom. The van der Waals surface area contributed by atoms with E-state index >= 15 is 4.39 Å². The molecule has 0 radical (unpaired) electrons. The van der Waals surface area contributed by atoms with Gasteiger partial charge in [-0.3, -0.25) is 14.0 Å². The normalized spacial score (nSPS) is 21.4. The van der Waals surface area contributed by atoms with E-state index in [9.17, 15) is 13.6 Å². The minimum atomic E-state index is -2.72. The summed E-state index contributed by atoms with van der Waals surface area (Å²) in [4.78, 5) is 25.1. The van der Waals surface area contributed by atoms with Gasteiger partial charge in [-0.2, -0.15) is 5.10 Å². The van der Waals surface area contributed by atoms with Gasteiger partial charge in [-0.05, 0) is 30.7 Å². The van der Waals surface area contributed by atoms with E-state index in [1.165, 1.54) is 6.07 Å². The Bertz CT molecular complexity index is 1710. The van der Waals surface area contributed by atoms with Crippen molar-refractivity contribution in [1.29, 1.82) is 0 Å². The van der Waals surface area contributed by atoms with Crippen LogP contribution in [-0.4, -0.2) is 62.6 Å². The SMILES string of the molecule is O=c1c2cc(N3CCO[C@@H](c4cnn(CCOC5CC5(F)F)c4)C3)nc(-c3ccc(Cl)cc3F)c2nc2n1CCC2. The molecule has 0 amide bonds. The number of rotatable bonds is 7. The number of anilines is 1. The maximum atomic E-state index is 15.1. The third-order valence-electron chi connectivity index (χ3n) is 7.80. The van der Waals surface area contributed by atoms with Gasteiger partial charge in [0.25, 0.3) is 11.5 Å². The lowest BCUT2D eigenvalue weighted by molar-refractivity contribution is 0.00995. The Labute approximate surface area is 237 Å². The quantitative estimate of drug-likeness (QED) is 0.317. The van der Waals surface area contributed by atoms with Crippen LogP contribution in [0.4, 0.5) is 19.0 Å². The number of aryl methyl sites for hydroxylation is 1. The molecule has 0 N–H and O–H groups in total. The molecule has 9 nitrogen and oxygen atoms in total. The minimum Gasteiger partial charge on any atom is -0.370 e. The predicted molar refractivity (Wildman–Crippen MR) is 145 cm³/mol. The lowest BCUT2D eigenvalue weighted by Crippen LogP contribution is -2.39. The molecular formula is C28H26ClF3N6O3. The third-order valence-corrected chi connectivity index (χ3v) is 8.03. The van der Waals surface area contributed by atoms with E-state index in [1.54, 1.807) is 33.6 Å². The summed E-state index contributed by atoms with van der Waals surface area (Å²) in [7, 11) is 0. The van der Waals surface area contributed by atoms with Gasteiger partial charge in [-0.25, -0.2) is 23.1 Å². The van der Waals surface area contributed by atoms with Crippen LogP contribution in [0.2, 0.25) is 5.02 Å². The van der Waals surface area contributed by atoms with Gasteiger partial charge in [-0.15, -0.1) is 0 Å². The Kier molecular flexibility index (Phi) is 6.51. The molecule has 1 aliphatic carbocycles. The molecule has 3 aliphatic rings. The van der Waals surface area contributed by atoms with E-state index in [2.05, 4.69) is 5.10 Å². The maximum Gasteiger partial charge on any atom is 0.276 e. The molecule has 0 spiro atoms. The number of aromatic nitrogens is 5. The largest absolute Gasteiger partial charge is 0.370 e. The highest BCUT2D eigenvalue weighted by Gasteiger charge is 2.58. The highest BCUT2D eigenvalue weighted by molar-refractivity contribution is 6.30. The molecule has 1 aromatic carbocycles. The van der Waals surface area contributed by atoms with Crippen LogP contribution in [0.1, 0.15) is 30.3 Å². The number of halogens is 4. The van der Waals surface area contributed by atoms with Crippen molar-refractivity contribution in [3.05, 3.63) is 69.2 Å². The molecule has 1 saturated heterocycles. The first-order valence-corrected chi connectivity index (χ1v) is 13.9. The molecule has 41 heavy (non-hydrogen) atoms. The Morgan fingerprint density at radius 1 is 1.20 bits per heavy atom. The smallest absolute Gasteiger partial charge is 0.276 e. The minimum absolute atomic E-state index is 0.136. The molecule has 214 valence electrons. The van der Waals surface area contributed by atoms with E-state index in [0.717, 1.165) is 12.0 Å². The van der Waals surface area contributed by atoms with E-state index in [4.69, 9.17) is 31.0 Å². The number of hydrogen-bond acceptors (Lipinski definition) is 7. The number of pyridine rings is 1. The van der Waals surface area contributed by atoms with Gasteiger partial charge in [0.1, 0.15) is 40.9 Å². The van der Waals surface area contributed by atoms with Gasteiger partial charge >= 0.3 is 0 Å². The van der Waals surface area contributed by atoms with Crippen molar-refractivity contribution in [2.45, 2.75) is 50.5 Å². The van der Waals surface area contributed by atoms with Gasteiger partial charge in [0.05, 0.1) is 31.3 Å². The van der Waals surface area contributed by atoms with Crippen molar-refractivity contribution in [1.82, 2.24) is 24.3 Å². The van der Waals surface area contributed by atoms with E-state index < -0.39 is 17.8 Å². The van der Waals surface area contributed by atoms with Gasteiger partial charge in [-0.1, -0.05) is 11.6 Å². The van der Waals surface area contributed by atoms with Gasteiger partial charge < -0.3 is 14.4 Å². The average Bonchev–Trinajstić information content (AvgIpc) is 3.33. The lowest BCUT2D eigenvalue weighted by atomic mass is 10.1. The fraction of sp³-hybridized carbons (Fsp3) is 0.429. The second-order valence-electron chi connectivity index (χ2n) is 10.6. The first-order chi connectivity index (χ1) is 19.8. The summed E-state index contributed by atoms with van der Waals surface area (Å²) in [6, 6.07) is 6.09. The molecule has 2 fully saturated rings. The fourth-order valence-electron chi connectivity index (χ4n) is 5.49. The van der Waals surface area contributed by atoms with Crippen molar-refractivity contribution in [3.8, 4) is 11.3 Å². The van der Waals surface area contributed by atoms with Crippen molar-refractivity contribution < 1.29 is 22.6 Å². The summed E-state index contributed by atoms with van der Waals surface area (Å²) in [5.74, 6) is -2.08. The Morgan fingerprint density at radius 2 is 2.05 bits per heavy atom. The number of benzene rings is 1. The second-order valence-corrected chi connectivity index (χ2v) is 11.0. The zero-order chi connectivity index (χ0) is 28.3. The monoisotopic (exact) mass is 586 g/mol. The van der Waals surface area contributed by atoms with Crippen LogP contribution in [0.25, 0.3) is 22.2 Å². The van der Waals surface area contributed by atoms with Gasteiger partial charge in [0.2, 0.25) is 0 Å². The van der Waals surface area contributed by atoms with Crippen LogP contribution < -0.4 is 10.5 Å². The van der Waals surface area contributed by atoms with Crippen LogP contribution in [0, 0.1) is 5.82 Å². The standard InChI is InChI=1S/C28H26ClF3N6O3/c29-17-3-4-18(20(30)10-17)25-26-19(27(39)38-5-1-2-23(38)34-26)11-24(35-25)36-6-8-40-21(15-36)16-13-33-37(14-16)7-9-41-22-12-28(22,31)32/h3-4,10-11,13-14,21-22H,1-2,5-9,12,15H2/t21-,22?/m1/s1. The van der Waals surface area contributed by atoms with Crippen LogP contribution >= 0.6 is 11.6 Å². The topological polar surface area (TPSA) is 87.3 Å². The van der Waals surface area contributed by atoms with Crippen molar-refractivity contribution in [2.75, 3.05) is 31.2 Å². The van der Waals surface area contributed by atoms with E-state index in [1.807, 2.05) is 11.1 Å². The summed E-state index contributed by atoms with van der Waals surface area (Å²) in [5, 5.41) is 4.96. The fourth-order valence-corrected chi connectivity index (χ4v) is 5.64.